The fourth-order valence-corrected chi connectivity index (χ4v) is 3.97. The minimum absolute atomic E-state index is 0.390. The molecule has 0 radical (unpaired) electrons. The molecule has 1 heterocycles. The largest absolute Gasteiger partial charge is 0.497 e. The number of hydrogen-bond donors (Lipinski definition) is 0. The van der Waals surface area contributed by atoms with E-state index in [1.165, 1.54) is 27.2 Å². The summed E-state index contributed by atoms with van der Waals surface area (Å²) in [6.07, 6.45) is 0. The lowest BCUT2D eigenvalue weighted by molar-refractivity contribution is 0.414. The Hall–Kier alpha value is -1.67. The molecule has 2 heteroatoms. The zero-order valence-corrected chi connectivity index (χ0v) is 12.7. The number of allylic oxidation sites excluding steroid dienone is 1. The molecule has 0 fully saturated rings. The van der Waals surface area contributed by atoms with Crippen molar-refractivity contribution >= 4 is 17.3 Å². The lowest BCUT2D eigenvalue weighted by Gasteiger charge is -2.27. The molecule has 3 rings (SSSR count). The van der Waals surface area contributed by atoms with Crippen molar-refractivity contribution in [3.8, 4) is 5.75 Å². The summed E-state index contributed by atoms with van der Waals surface area (Å²) in [5, 5.41) is 0. The van der Waals surface area contributed by atoms with Crippen molar-refractivity contribution in [2.75, 3.05) is 12.9 Å². The van der Waals surface area contributed by atoms with E-state index < -0.39 is 0 Å². The summed E-state index contributed by atoms with van der Waals surface area (Å²) in [4.78, 5) is 1.36. The van der Waals surface area contributed by atoms with E-state index >= 15 is 0 Å². The molecule has 20 heavy (non-hydrogen) atoms. The van der Waals surface area contributed by atoms with Crippen LogP contribution in [0, 0.1) is 6.92 Å². The summed E-state index contributed by atoms with van der Waals surface area (Å²) in [6.45, 7) is 6.48. The van der Waals surface area contributed by atoms with E-state index in [4.69, 9.17) is 4.74 Å². The summed E-state index contributed by atoms with van der Waals surface area (Å²) in [6, 6.07) is 15.0. The highest BCUT2D eigenvalue weighted by atomic mass is 32.2. The van der Waals surface area contributed by atoms with Gasteiger partial charge < -0.3 is 4.74 Å². The van der Waals surface area contributed by atoms with Crippen molar-refractivity contribution < 1.29 is 4.74 Å². The molecule has 0 aliphatic carbocycles. The van der Waals surface area contributed by atoms with E-state index in [1.54, 1.807) is 7.11 Å². The number of ether oxygens (including phenoxy) is 1. The van der Waals surface area contributed by atoms with Crippen LogP contribution in [0.5, 0.6) is 5.75 Å². The lowest BCUT2D eigenvalue weighted by atomic mass is 9.88. The van der Waals surface area contributed by atoms with Gasteiger partial charge in [-0.1, -0.05) is 30.8 Å². The van der Waals surface area contributed by atoms with Crippen LogP contribution < -0.4 is 4.74 Å². The van der Waals surface area contributed by atoms with Crippen molar-refractivity contribution in [1.82, 2.24) is 0 Å². The predicted molar refractivity (Wildman–Crippen MR) is 86.7 cm³/mol. The standard InChI is InChI=1S/C18H18OS/c1-12-4-9-16-13(2)17(11-20-18(16)10-12)14-5-7-15(19-3)8-6-14/h4-10,17H,2,11H2,1,3H3. The second-order valence-electron chi connectivity index (χ2n) is 5.16. The maximum absolute atomic E-state index is 5.23. The quantitative estimate of drug-likeness (QED) is 0.774. The van der Waals surface area contributed by atoms with Gasteiger partial charge in [0.2, 0.25) is 0 Å². The highest BCUT2D eigenvalue weighted by Gasteiger charge is 2.24. The van der Waals surface area contributed by atoms with Crippen molar-refractivity contribution in [3.63, 3.8) is 0 Å². The molecule has 1 nitrogen and oxygen atoms in total. The van der Waals surface area contributed by atoms with E-state index in [2.05, 4.69) is 43.8 Å². The number of methoxy groups -OCH3 is 1. The zero-order valence-electron chi connectivity index (χ0n) is 11.8. The highest BCUT2D eigenvalue weighted by Crippen LogP contribution is 2.44. The molecule has 0 amide bonds. The molecule has 1 atom stereocenters. The Balaban J connectivity index is 1.93. The van der Waals surface area contributed by atoms with E-state index in [9.17, 15) is 0 Å². The fourth-order valence-electron chi connectivity index (χ4n) is 2.61. The lowest BCUT2D eigenvalue weighted by Crippen LogP contribution is -2.10. The first-order valence-corrected chi connectivity index (χ1v) is 7.74. The van der Waals surface area contributed by atoms with Gasteiger partial charge in [-0.2, -0.15) is 0 Å². The molecule has 2 aromatic carbocycles. The Bertz CT molecular complexity index is 643. The average molecular weight is 282 g/mol. The number of thioether (sulfide) groups is 1. The molecule has 0 saturated carbocycles. The Morgan fingerprint density at radius 3 is 2.60 bits per heavy atom. The predicted octanol–water partition coefficient (Wildman–Crippen LogP) is 4.91. The van der Waals surface area contributed by atoms with Crippen LogP contribution in [-0.2, 0) is 0 Å². The second-order valence-corrected chi connectivity index (χ2v) is 6.22. The minimum Gasteiger partial charge on any atom is -0.497 e. The van der Waals surface area contributed by atoms with Crippen LogP contribution >= 0.6 is 11.8 Å². The minimum atomic E-state index is 0.390. The summed E-state index contributed by atoms with van der Waals surface area (Å²) in [5.41, 5.74) is 5.15. The first-order valence-electron chi connectivity index (χ1n) is 6.75. The van der Waals surface area contributed by atoms with Gasteiger partial charge in [-0.05, 0) is 47.4 Å². The van der Waals surface area contributed by atoms with Gasteiger partial charge in [0.15, 0.2) is 0 Å². The SMILES string of the molecule is C=C1c2ccc(C)cc2SCC1c1ccc(OC)cc1. The normalized spacial score (nSPS) is 17.7. The molecular weight excluding hydrogens is 264 g/mol. The van der Waals surface area contributed by atoms with Crippen molar-refractivity contribution in [3.05, 3.63) is 65.7 Å². The van der Waals surface area contributed by atoms with E-state index in [1.807, 2.05) is 23.9 Å². The third kappa shape index (κ3) is 2.36. The third-order valence-corrected chi connectivity index (χ3v) is 4.98. The Morgan fingerprint density at radius 2 is 1.90 bits per heavy atom. The maximum atomic E-state index is 5.23. The van der Waals surface area contributed by atoms with Gasteiger partial charge in [0.25, 0.3) is 0 Å². The van der Waals surface area contributed by atoms with Crippen molar-refractivity contribution in [1.29, 1.82) is 0 Å². The van der Waals surface area contributed by atoms with Gasteiger partial charge in [-0.15, -0.1) is 11.8 Å². The molecule has 1 unspecified atom stereocenters. The topological polar surface area (TPSA) is 9.23 Å². The second kappa shape index (κ2) is 5.37. The van der Waals surface area contributed by atoms with Crippen LogP contribution in [0.2, 0.25) is 0 Å². The summed E-state index contributed by atoms with van der Waals surface area (Å²) in [5.74, 6) is 2.35. The molecule has 102 valence electrons. The molecule has 0 spiro atoms. The molecular formula is C18H18OS. The fraction of sp³-hybridized carbons (Fsp3) is 0.222. The van der Waals surface area contributed by atoms with Crippen LogP contribution in [0.3, 0.4) is 0 Å². The van der Waals surface area contributed by atoms with Gasteiger partial charge in [0.1, 0.15) is 5.75 Å². The molecule has 0 saturated heterocycles. The maximum Gasteiger partial charge on any atom is 0.118 e. The first kappa shape index (κ1) is 13.3. The average Bonchev–Trinajstić information content (AvgIpc) is 2.48. The van der Waals surface area contributed by atoms with Crippen molar-refractivity contribution in [2.24, 2.45) is 0 Å². The number of aryl methyl sites for hydroxylation is 1. The van der Waals surface area contributed by atoms with E-state index in [-0.39, 0.29) is 0 Å². The van der Waals surface area contributed by atoms with Gasteiger partial charge in [-0.25, -0.2) is 0 Å². The molecule has 2 aromatic rings. The van der Waals surface area contributed by atoms with Gasteiger partial charge >= 0.3 is 0 Å². The monoisotopic (exact) mass is 282 g/mol. The number of hydrogen-bond acceptors (Lipinski definition) is 2. The van der Waals surface area contributed by atoms with Crippen LogP contribution in [0.25, 0.3) is 5.57 Å². The first-order chi connectivity index (χ1) is 9.69. The Morgan fingerprint density at radius 1 is 1.15 bits per heavy atom. The summed E-state index contributed by atoms with van der Waals surface area (Å²) >= 11 is 1.93. The van der Waals surface area contributed by atoms with Gasteiger partial charge in [0, 0.05) is 16.6 Å². The summed E-state index contributed by atoms with van der Waals surface area (Å²) < 4.78 is 5.23. The summed E-state index contributed by atoms with van der Waals surface area (Å²) in [7, 11) is 1.70. The van der Waals surface area contributed by atoms with Gasteiger partial charge in [0.05, 0.1) is 7.11 Å². The van der Waals surface area contributed by atoms with Crippen LogP contribution in [0.4, 0.5) is 0 Å². The Kier molecular flexibility index (Phi) is 3.58. The van der Waals surface area contributed by atoms with Crippen LogP contribution in [0.1, 0.15) is 22.6 Å². The molecule has 0 bridgehead atoms. The van der Waals surface area contributed by atoms with Crippen molar-refractivity contribution in [2.45, 2.75) is 17.7 Å². The molecule has 0 aromatic heterocycles. The van der Waals surface area contributed by atoms with Crippen LogP contribution in [0.15, 0.2) is 53.9 Å². The van der Waals surface area contributed by atoms with Gasteiger partial charge in [-0.3, -0.25) is 0 Å². The molecule has 0 N–H and O–H groups in total. The number of fused-ring (bicyclic) bond motifs is 1. The number of benzene rings is 2. The van der Waals surface area contributed by atoms with Crippen LogP contribution in [-0.4, -0.2) is 12.9 Å². The number of rotatable bonds is 2. The zero-order chi connectivity index (χ0) is 14.1. The smallest absolute Gasteiger partial charge is 0.118 e. The third-order valence-electron chi connectivity index (χ3n) is 3.83. The Labute approximate surface area is 124 Å². The molecule has 1 aliphatic heterocycles. The molecule has 1 aliphatic rings. The van der Waals surface area contributed by atoms with E-state index in [0.29, 0.717) is 5.92 Å². The highest BCUT2D eigenvalue weighted by molar-refractivity contribution is 7.99. The van der Waals surface area contributed by atoms with E-state index in [0.717, 1.165) is 11.5 Å².